The molecule has 1 aliphatic rings. The molecule has 0 saturated carbocycles. The lowest BCUT2D eigenvalue weighted by atomic mass is 10.1. The lowest BCUT2D eigenvalue weighted by Crippen LogP contribution is -2.28. The van der Waals surface area contributed by atoms with Crippen LogP contribution in [-0.4, -0.2) is 42.2 Å². The fourth-order valence-corrected chi connectivity index (χ4v) is 4.73. The summed E-state index contributed by atoms with van der Waals surface area (Å²) in [5, 5.41) is 0.554. The van der Waals surface area contributed by atoms with E-state index in [9.17, 15) is 14.0 Å². The Kier molecular flexibility index (Phi) is 8.81. The average molecular weight is 535 g/mol. The zero-order chi connectivity index (χ0) is 27.1. The number of hydrogen-bond donors (Lipinski definition) is 0. The summed E-state index contributed by atoms with van der Waals surface area (Å²) in [7, 11) is 1.33. The number of ether oxygens (including phenoxy) is 3. The van der Waals surface area contributed by atoms with E-state index in [2.05, 4.69) is 4.99 Å². The monoisotopic (exact) mass is 534 g/mol. The Bertz CT molecular complexity index is 1370. The molecule has 1 amide bonds. The number of methoxy groups -OCH3 is 1. The van der Waals surface area contributed by atoms with Crippen molar-refractivity contribution in [1.29, 1.82) is 0 Å². The molecule has 4 rings (SSSR count). The Balaban J connectivity index is 1.54. The van der Waals surface area contributed by atoms with Gasteiger partial charge in [-0.15, -0.1) is 0 Å². The molecule has 0 spiro atoms. The van der Waals surface area contributed by atoms with Crippen LogP contribution in [0.15, 0.2) is 76.6 Å². The lowest BCUT2D eigenvalue weighted by Gasteiger charge is -2.13. The summed E-state index contributed by atoms with van der Waals surface area (Å²) in [6.45, 7) is 4.93. The smallest absolute Gasteiger partial charge is 0.337 e. The van der Waals surface area contributed by atoms with Gasteiger partial charge in [0.1, 0.15) is 12.4 Å². The first-order valence-electron chi connectivity index (χ1n) is 12.0. The van der Waals surface area contributed by atoms with Crippen molar-refractivity contribution in [3.63, 3.8) is 0 Å². The maximum atomic E-state index is 13.2. The van der Waals surface area contributed by atoms with Crippen molar-refractivity contribution in [2.45, 2.75) is 20.5 Å². The minimum absolute atomic E-state index is 0.142. The molecule has 1 heterocycles. The molecule has 0 aliphatic carbocycles. The number of esters is 1. The fraction of sp³-hybridized carbons (Fsp3) is 0.207. The summed E-state index contributed by atoms with van der Waals surface area (Å²) in [6, 6.07) is 18.3. The van der Waals surface area contributed by atoms with E-state index < -0.39 is 5.97 Å². The molecular formula is C29H27FN2O5S. The van der Waals surface area contributed by atoms with Crippen molar-refractivity contribution < 1.29 is 28.2 Å². The maximum Gasteiger partial charge on any atom is 0.337 e. The molecule has 38 heavy (non-hydrogen) atoms. The summed E-state index contributed by atoms with van der Waals surface area (Å²) >= 11 is 1.28. The SMILES string of the molecule is CCOc1cc(C=C2SC(=Nc3ccc(C(=O)OC)cc3)N(CC)C2=O)ccc1OCc1ccc(F)cc1. The number of aliphatic imine (C=N–C) groups is 1. The first kappa shape index (κ1) is 26.9. The highest BCUT2D eigenvalue weighted by Crippen LogP contribution is 2.36. The van der Waals surface area contributed by atoms with Crippen LogP contribution >= 0.6 is 11.8 Å². The van der Waals surface area contributed by atoms with Gasteiger partial charge in [0, 0.05) is 6.54 Å². The van der Waals surface area contributed by atoms with Gasteiger partial charge in [-0.3, -0.25) is 9.69 Å². The van der Waals surface area contributed by atoms with E-state index in [1.165, 1.54) is 31.0 Å². The van der Waals surface area contributed by atoms with E-state index in [0.29, 0.717) is 46.0 Å². The minimum Gasteiger partial charge on any atom is -0.490 e. The number of thioether (sulfide) groups is 1. The molecule has 0 N–H and O–H groups in total. The topological polar surface area (TPSA) is 77.4 Å². The molecule has 7 nitrogen and oxygen atoms in total. The number of amidine groups is 1. The number of halogens is 1. The first-order chi connectivity index (χ1) is 18.4. The maximum absolute atomic E-state index is 13.2. The van der Waals surface area contributed by atoms with Crippen LogP contribution in [0.2, 0.25) is 0 Å². The van der Waals surface area contributed by atoms with Crippen LogP contribution in [0.5, 0.6) is 11.5 Å². The van der Waals surface area contributed by atoms with E-state index in [4.69, 9.17) is 14.2 Å². The third-order valence-electron chi connectivity index (χ3n) is 5.59. The second-order valence-electron chi connectivity index (χ2n) is 8.15. The van der Waals surface area contributed by atoms with Crippen molar-refractivity contribution in [1.82, 2.24) is 4.90 Å². The van der Waals surface area contributed by atoms with E-state index >= 15 is 0 Å². The van der Waals surface area contributed by atoms with Crippen LogP contribution in [0.1, 0.15) is 35.3 Å². The highest BCUT2D eigenvalue weighted by atomic mass is 32.2. The average Bonchev–Trinajstić information content (AvgIpc) is 3.22. The van der Waals surface area contributed by atoms with Crippen LogP contribution < -0.4 is 9.47 Å². The molecule has 1 saturated heterocycles. The number of benzene rings is 3. The summed E-state index contributed by atoms with van der Waals surface area (Å²) < 4.78 is 29.6. The van der Waals surface area contributed by atoms with E-state index in [0.717, 1.165) is 11.1 Å². The Morgan fingerprint density at radius 2 is 1.74 bits per heavy atom. The van der Waals surface area contributed by atoms with Crippen molar-refractivity contribution in [3.8, 4) is 11.5 Å². The predicted octanol–water partition coefficient (Wildman–Crippen LogP) is 6.21. The third-order valence-corrected chi connectivity index (χ3v) is 6.60. The molecular weight excluding hydrogens is 507 g/mol. The summed E-state index contributed by atoms with van der Waals surface area (Å²) in [5.74, 6) is 0.236. The Morgan fingerprint density at radius 1 is 1.00 bits per heavy atom. The molecule has 3 aromatic carbocycles. The zero-order valence-corrected chi connectivity index (χ0v) is 22.1. The number of amides is 1. The quantitative estimate of drug-likeness (QED) is 0.240. The Labute approximate surface area is 224 Å². The largest absolute Gasteiger partial charge is 0.490 e. The van der Waals surface area contributed by atoms with Gasteiger partial charge in [-0.2, -0.15) is 0 Å². The van der Waals surface area contributed by atoms with Gasteiger partial charge in [0.05, 0.1) is 29.9 Å². The lowest BCUT2D eigenvalue weighted by molar-refractivity contribution is -0.122. The second-order valence-corrected chi connectivity index (χ2v) is 9.16. The first-order valence-corrected chi connectivity index (χ1v) is 12.9. The van der Waals surface area contributed by atoms with Crippen LogP contribution in [0.4, 0.5) is 10.1 Å². The van der Waals surface area contributed by atoms with E-state index in [1.54, 1.807) is 53.4 Å². The molecule has 0 unspecified atom stereocenters. The standard InChI is InChI=1S/C29H27FN2O5S/c1-4-32-27(33)26(38-29(32)31-23-13-9-21(10-14-23)28(34)35-3)17-20-8-15-24(25(16-20)36-5-2)37-18-19-6-11-22(30)12-7-19/h6-17H,4-5,18H2,1-3H3. The van der Waals surface area contributed by atoms with Crippen molar-refractivity contribution in [3.05, 3.63) is 94.1 Å². The number of likely N-dealkylation sites (N-methyl/N-ethyl adjacent to an activating group) is 1. The van der Waals surface area contributed by atoms with Gasteiger partial charge in [0.2, 0.25) is 0 Å². The van der Waals surface area contributed by atoms with Crippen LogP contribution in [0, 0.1) is 5.82 Å². The normalized spacial score (nSPS) is 15.3. The predicted molar refractivity (Wildman–Crippen MR) is 146 cm³/mol. The van der Waals surface area contributed by atoms with Gasteiger partial charge < -0.3 is 14.2 Å². The van der Waals surface area contributed by atoms with Crippen LogP contribution in [0.3, 0.4) is 0 Å². The highest BCUT2D eigenvalue weighted by molar-refractivity contribution is 8.18. The molecule has 0 bridgehead atoms. The van der Waals surface area contributed by atoms with Crippen LogP contribution in [-0.2, 0) is 16.1 Å². The number of carbonyl (C=O) groups excluding carboxylic acids is 2. The molecule has 0 aromatic heterocycles. The second kappa shape index (κ2) is 12.4. The third kappa shape index (κ3) is 6.41. The highest BCUT2D eigenvalue weighted by Gasteiger charge is 2.32. The number of nitrogens with zero attached hydrogens (tertiary/aromatic N) is 2. The van der Waals surface area contributed by atoms with Crippen molar-refractivity contribution >= 4 is 40.6 Å². The van der Waals surface area contributed by atoms with Crippen molar-refractivity contribution in [2.24, 2.45) is 4.99 Å². The number of rotatable bonds is 9. The van der Waals surface area contributed by atoms with Gasteiger partial charge in [-0.1, -0.05) is 18.2 Å². The van der Waals surface area contributed by atoms with Gasteiger partial charge in [0.15, 0.2) is 16.7 Å². The molecule has 1 fully saturated rings. The summed E-state index contributed by atoms with van der Waals surface area (Å²) in [5.41, 5.74) is 2.65. The van der Waals surface area contributed by atoms with Gasteiger partial charge in [-0.25, -0.2) is 14.2 Å². The fourth-order valence-electron chi connectivity index (χ4n) is 3.67. The number of carbonyl (C=O) groups is 2. The van der Waals surface area contributed by atoms with Crippen LogP contribution in [0.25, 0.3) is 6.08 Å². The molecule has 0 radical (unpaired) electrons. The molecule has 9 heteroatoms. The molecule has 3 aromatic rings. The Morgan fingerprint density at radius 3 is 2.39 bits per heavy atom. The molecule has 196 valence electrons. The number of hydrogen-bond acceptors (Lipinski definition) is 7. The Hall–Kier alpha value is -4.11. The molecule has 1 aliphatic heterocycles. The minimum atomic E-state index is -0.423. The van der Waals surface area contributed by atoms with Gasteiger partial charge in [0.25, 0.3) is 5.91 Å². The van der Waals surface area contributed by atoms with Gasteiger partial charge in [-0.05, 0) is 91.3 Å². The van der Waals surface area contributed by atoms with Gasteiger partial charge >= 0.3 is 5.97 Å². The zero-order valence-electron chi connectivity index (χ0n) is 21.3. The summed E-state index contributed by atoms with van der Waals surface area (Å²) in [4.78, 5) is 31.5. The molecule has 0 atom stereocenters. The van der Waals surface area contributed by atoms with E-state index in [-0.39, 0.29) is 18.3 Å². The van der Waals surface area contributed by atoms with E-state index in [1.807, 2.05) is 26.0 Å². The summed E-state index contributed by atoms with van der Waals surface area (Å²) in [6.07, 6.45) is 1.80. The van der Waals surface area contributed by atoms with Crippen molar-refractivity contribution in [2.75, 3.05) is 20.3 Å².